The molecular weight excluding hydrogens is 238 g/mol. The van der Waals surface area contributed by atoms with Crippen LogP contribution in [-0.4, -0.2) is 36.1 Å². The van der Waals surface area contributed by atoms with Gasteiger partial charge in [-0.05, 0) is 18.5 Å². The number of hydrogen-bond acceptors (Lipinski definition) is 3. The highest BCUT2D eigenvalue weighted by Crippen LogP contribution is 2.17. The first-order valence-electron chi connectivity index (χ1n) is 6.79. The third-order valence-corrected chi connectivity index (χ3v) is 3.49. The average Bonchev–Trinajstić information content (AvgIpc) is 2.44. The molecule has 19 heavy (non-hydrogen) atoms. The second-order valence-corrected chi connectivity index (χ2v) is 5.22. The van der Waals surface area contributed by atoms with Gasteiger partial charge < -0.3 is 15.8 Å². The normalized spacial score (nSPS) is 15.5. The summed E-state index contributed by atoms with van der Waals surface area (Å²) in [6, 6.07) is 9.94. The minimum Gasteiger partial charge on any atom is -0.409 e. The number of benzene rings is 1. The quantitative estimate of drug-likeness (QED) is 0.344. The Kier molecular flexibility index (Phi) is 6.36. The summed E-state index contributed by atoms with van der Waals surface area (Å²) in [4.78, 5) is 2.24. The van der Waals surface area contributed by atoms with Crippen LogP contribution in [0.3, 0.4) is 0 Å². The van der Waals surface area contributed by atoms with Crippen molar-refractivity contribution in [2.24, 2.45) is 16.8 Å². The van der Waals surface area contributed by atoms with Crippen molar-refractivity contribution in [1.29, 1.82) is 0 Å². The molecule has 0 aliphatic rings. The van der Waals surface area contributed by atoms with Crippen LogP contribution >= 0.6 is 0 Å². The minimum atomic E-state index is -0.0692. The Balaban J connectivity index is 2.77. The lowest BCUT2D eigenvalue weighted by molar-refractivity contribution is 0.274. The van der Waals surface area contributed by atoms with Gasteiger partial charge in [0.25, 0.3) is 0 Å². The van der Waals surface area contributed by atoms with Gasteiger partial charge in [-0.2, -0.15) is 0 Å². The topological polar surface area (TPSA) is 61.8 Å². The van der Waals surface area contributed by atoms with Crippen LogP contribution in [0.25, 0.3) is 0 Å². The zero-order valence-corrected chi connectivity index (χ0v) is 12.1. The summed E-state index contributed by atoms with van der Waals surface area (Å²) >= 11 is 0. The van der Waals surface area contributed by atoms with E-state index in [4.69, 9.17) is 10.9 Å². The van der Waals surface area contributed by atoms with Crippen molar-refractivity contribution in [3.8, 4) is 0 Å². The van der Waals surface area contributed by atoms with Gasteiger partial charge in [0.2, 0.25) is 0 Å². The number of hydrogen-bond donors (Lipinski definition) is 2. The van der Waals surface area contributed by atoms with Gasteiger partial charge in [-0.25, -0.2) is 0 Å². The van der Waals surface area contributed by atoms with Crippen LogP contribution in [0, 0.1) is 5.92 Å². The van der Waals surface area contributed by atoms with E-state index in [9.17, 15) is 0 Å². The third-order valence-electron chi connectivity index (χ3n) is 3.49. The molecule has 0 aliphatic heterocycles. The first-order valence-corrected chi connectivity index (χ1v) is 6.79. The van der Waals surface area contributed by atoms with Gasteiger partial charge in [0.05, 0.1) is 5.92 Å². The van der Waals surface area contributed by atoms with Crippen molar-refractivity contribution in [2.75, 3.05) is 20.1 Å². The number of nitrogens with zero attached hydrogens (tertiary/aromatic N) is 2. The van der Waals surface area contributed by atoms with E-state index in [-0.39, 0.29) is 11.8 Å². The van der Waals surface area contributed by atoms with Gasteiger partial charge in [-0.15, -0.1) is 0 Å². The standard InChI is InChI=1S/C15H25N3O/c1-4-12(2)10-18(3)11-14(15(16)17-19)13-8-6-5-7-9-13/h5-9,12,14,19H,4,10-11H2,1-3H3,(H2,16,17). The van der Waals surface area contributed by atoms with Crippen LogP contribution in [0.2, 0.25) is 0 Å². The second kappa shape index (κ2) is 7.79. The Hall–Kier alpha value is -1.55. The summed E-state index contributed by atoms with van der Waals surface area (Å²) in [6.45, 7) is 6.19. The van der Waals surface area contributed by atoms with E-state index in [0.29, 0.717) is 5.92 Å². The smallest absolute Gasteiger partial charge is 0.147 e. The van der Waals surface area contributed by atoms with Crippen molar-refractivity contribution in [3.63, 3.8) is 0 Å². The zero-order valence-electron chi connectivity index (χ0n) is 12.1. The molecule has 0 amide bonds. The van der Waals surface area contributed by atoms with E-state index in [1.165, 1.54) is 0 Å². The SMILES string of the molecule is CCC(C)CN(C)CC(C(N)=NO)c1ccccc1. The lowest BCUT2D eigenvalue weighted by Gasteiger charge is -2.25. The van der Waals surface area contributed by atoms with Crippen molar-refractivity contribution in [2.45, 2.75) is 26.2 Å². The van der Waals surface area contributed by atoms with Crippen LogP contribution in [-0.2, 0) is 0 Å². The molecule has 1 aromatic carbocycles. The van der Waals surface area contributed by atoms with Crippen LogP contribution in [0.1, 0.15) is 31.7 Å². The van der Waals surface area contributed by atoms with Crippen LogP contribution in [0.5, 0.6) is 0 Å². The van der Waals surface area contributed by atoms with E-state index in [1.54, 1.807) is 0 Å². The molecule has 106 valence electrons. The molecule has 4 heteroatoms. The largest absolute Gasteiger partial charge is 0.409 e. The van der Waals surface area contributed by atoms with Gasteiger partial charge in [-0.1, -0.05) is 55.8 Å². The predicted octanol–water partition coefficient (Wildman–Crippen LogP) is 2.49. The van der Waals surface area contributed by atoms with E-state index < -0.39 is 0 Å². The Bertz CT molecular complexity index is 392. The van der Waals surface area contributed by atoms with Gasteiger partial charge in [0, 0.05) is 13.1 Å². The first kappa shape index (κ1) is 15.5. The summed E-state index contributed by atoms with van der Waals surface area (Å²) in [5.74, 6) is 0.844. The molecule has 0 radical (unpaired) electrons. The van der Waals surface area contributed by atoms with Crippen molar-refractivity contribution in [1.82, 2.24) is 4.90 Å². The monoisotopic (exact) mass is 263 g/mol. The average molecular weight is 263 g/mol. The maximum Gasteiger partial charge on any atom is 0.147 e. The highest BCUT2D eigenvalue weighted by molar-refractivity contribution is 5.87. The van der Waals surface area contributed by atoms with E-state index in [1.807, 2.05) is 30.3 Å². The molecule has 0 fully saturated rings. The molecule has 2 atom stereocenters. The number of nitrogens with two attached hydrogens (primary N) is 1. The summed E-state index contributed by atoms with van der Waals surface area (Å²) in [5, 5.41) is 12.1. The second-order valence-electron chi connectivity index (χ2n) is 5.22. The van der Waals surface area contributed by atoms with Gasteiger partial charge in [-0.3, -0.25) is 0 Å². The molecule has 4 nitrogen and oxygen atoms in total. The summed E-state index contributed by atoms with van der Waals surface area (Å²) in [5.41, 5.74) is 6.91. The number of likely N-dealkylation sites (N-methyl/N-ethyl adjacent to an activating group) is 1. The van der Waals surface area contributed by atoms with Crippen molar-refractivity contribution in [3.05, 3.63) is 35.9 Å². The molecule has 0 saturated heterocycles. The maximum absolute atomic E-state index is 8.95. The van der Waals surface area contributed by atoms with E-state index in [0.717, 1.165) is 25.1 Å². The fourth-order valence-corrected chi connectivity index (χ4v) is 2.17. The summed E-state index contributed by atoms with van der Waals surface area (Å²) < 4.78 is 0. The van der Waals surface area contributed by atoms with Crippen LogP contribution in [0.15, 0.2) is 35.5 Å². The molecule has 2 unspecified atom stereocenters. The lowest BCUT2D eigenvalue weighted by Crippen LogP contribution is -2.35. The summed E-state index contributed by atoms with van der Waals surface area (Å²) in [7, 11) is 2.08. The Morgan fingerprint density at radius 3 is 2.47 bits per heavy atom. The highest BCUT2D eigenvalue weighted by atomic mass is 16.4. The maximum atomic E-state index is 8.95. The molecule has 3 N–H and O–H groups in total. The van der Waals surface area contributed by atoms with Crippen LogP contribution in [0.4, 0.5) is 0 Å². The predicted molar refractivity (Wildman–Crippen MR) is 79.5 cm³/mol. The number of rotatable bonds is 7. The summed E-state index contributed by atoms with van der Waals surface area (Å²) in [6.07, 6.45) is 1.16. The molecule has 1 aromatic rings. The highest BCUT2D eigenvalue weighted by Gasteiger charge is 2.19. The van der Waals surface area contributed by atoms with Crippen molar-refractivity contribution >= 4 is 5.84 Å². The fraction of sp³-hybridized carbons (Fsp3) is 0.533. The fourth-order valence-electron chi connectivity index (χ4n) is 2.17. The van der Waals surface area contributed by atoms with Gasteiger partial charge in [0.15, 0.2) is 0 Å². The third kappa shape index (κ3) is 4.91. The lowest BCUT2D eigenvalue weighted by atomic mass is 9.97. The van der Waals surface area contributed by atoms with Crippen molar-refractivity contribution < 1.29 is 5.21 Å². The first-order chi connectivity index (χ1) is 9.08. The Morgan fingerprint density at radius 1 is 1.32 bits per heavy atom. The van der Waals surface area contributed by atoms with Gasteiger partial charge in [0.1, 0.15) is 5.84 Å². The molecule has 0 aliphatic carbocycles. The Morgan fingerprint density at radius 2 is 1.95 bits per heavy atom. The minimum absolute atomic E-state index is 0.0692. The number of oxime groups is 1. The van der Waals surface area contributed by atoms with Crippen LogP contribution < -0.4 is 5.73 Å². The molecule has 0 aromatic heterocycles. The zero-order chi connectivity index (χ0) is 14.3. The molecule has 0 saturated carbocycles. The van der Waals surface area contributed by atoms with E-state index in [2.05, 4.69) is 31.0 Å². The van der Waals surface area contributed by atoms with E-state index >= 15 is 0 Å². The molecule has 0 bridgehead atoms. The molecule has 0 spiro atoms. The molecule has 0 heterocycles. The molecular formula is C15H25N3O. The molecule has 1 rings (SSSR count). The van der Waals surface area contributed by atoms with Gasteiger partial charge >= 0.3 is 0 Å². The Labute approximate surface area is 115 Å². The number of amidine groups is 1.